The summed E-state index contributed by atoms with van der Waals surface area (Å²) in [6, 6.07) is 7.17. The predicted molar refractivity (Wildman–Crippen MR) is 112 cm³/mol. The molecule has 1 atom stereocenters. The smallest absolute Gasteiger partial charge is 0.238 e. The second-order valence-electron chi connectivity index (χ2n) is 7.57. The van der Waals surface area contributed by atoms with Gasteiger partial charge in [0.2, 0.25) is 5.91 Å². The average molecular weight is 421 g/mol. The molecule has 0 aliphatic carbocycles. The van der Waals surface area contributed by atoms with Crippen molar-refractivity contribution in [1.29, 1.82) is 0 Å². The van der Waals surface area contributed by atoms with Crippen molar-refractivity contribution < 1.29 is 17.9 Å². The summed E-state index contributed by atoms with van der Waals surface area (Å²) in [7, 11) is 0.466. The van der Waals surface area contributed by atoms with E-state index in [0.717, 1.165) is 17.0 Å². The number of carbonyl (C=O) groups is 1. The molecule has 0 saturated carbocycles. The number of hydrogen-bond donors (Lipinski definition) is 1. The Kier molecular flexibility index (Phi) is 6.28. The summed E-state index contributed by atoms with van der Waals surface area (Å²) < 4.78 is 30.7. The van der Waals surface area contributed by atoms with Crippen LogP contribution in [0.5, 0.6) is 5.75 Å². The van der Waals surface area contributed by atoms with Crippen LogP contribution < -0.4 is 10.1 Å². The van der Waals surface area contributed by atoms with Crippen LogP contribution in [-0.4, -0.2) is 61.2 Å². The van der Waals surface area contributed by atoms with Gasteiger partial charge in [0.05, 0.1) is 42.6 Å². The largest absolute Gasteiger partial charge is 0.495 e. The number of methoxy groups -OCH3 is 1. The minimum absolute atomic E-state index is 0.105. The zero-order valence-electron chi connectivity index (χ0n) is 17.3. The molecule has 1 aromatic carbocycles. The maximum atomic E-state index is 12.4. The van der Waals surface area contributed by atoms with E-state index in [1.54, 1.807) is 19.2 Å². The monoisotopic (exact) mass is 420 g/mol. The highest BCUT2D eigenvalue weighted by Crippen LogP contribution is 2.27. The third-order valence-corrected chi connectivity index (χ3v) is 7.00. The molecule has 1 amide bonds. The number of para-hydroxylation sites is 2. The van der Waals surface area contributed by atoms with Gasteiger partial charge in [-0.2, -0.15) is 5.10 Å². The Balaban J connectivity index is 1.65. The number of hydrogen-bond acceptors (Lipinski definition) is 6. The number of nitrogens with one attached hydrogen (secondary N) is 1. The quantitative estimate of drug-likeness (QED) is 0.736. The van der Waals surface area contributed by atoms with Crippen molar-refractivity contribution in [3.05, 3.63) is 41.2 Å². The lowest BCUT2D eigenvalue weighted by Crippen LogP contribution is -2.30. The Hall–Kier alpha value is -2.39. The fourth-order valence-electron chi connectivity index (χ4n) is 3.76. The number of benzene rings is 1. The van der Waals surface area contributed by atoms with Gasteiger partial charge in [0, 0.05) is 17.8 Å². The molecule has 2 heterocycles. The lowest BCUT2D eigenvalue weighted by Gasteiger charge is -2.18. The first-order valence-corrected chi connectivity index (χ1v) is 11.4. The molecule has 1 saturated heterocycles. The third kappa shape index (κ3) is 4.97. The van der Waals surface area contributed by atoms with E-state index in [0.29, 0.717) is 24.4 Å². The standard InChI is InChI=1S/C20H28N4O4S/c1-14-17(15(2)24(22-14)16-9-10-29(26,27)13-16)11-23(3)12-20(25)21-18-7-5-6-8-19(18)28-4/h5-8,16H,9-13H2,1-4H3,(H,21,25)/t16-/m1/s1. The second kappa shape index (κ2) is 8.54. The Bertz CT molecular complexity index is 1000. The van der Waals surface area contributed by atoms with Gasteiger partial charge < -0.3 is 10.1 Å². The number of sulfone groups is 1. The molecular formula is C20H28N4O4S. The first-order chi connectivity index (χ1) is 13.7. The number of aromatic nitrogens is 2. The highest BCUT2D eigenvalue weighted by molar-refractivity contribution is 7.91. The van der Waals surface area contributed by atoms with Crippen LogP contribution in [0.2, 0.25) is 0 Å². The van der Waals surface area contributed by atoms with Crippen LogP contribution in [0.1, 0.15) is 29.4 Å². The van der Waals surface area contributed by atoms with E-state index in [1.807, 2.05) is 42.6 Å². The van der Waals surface area contributed by atoms with E-state index in [9.17, 15) is 13.2 Å². The van der Waals surface area contributed by atoms with Crippen LogP contribution in [0.4, 0.5) is 5.69 Å². The molecule has 1 aliphatic heterocycles. The van der Waals surface area contributed by atoms with Crippen molar-refractivity contribution in [2.45, 2.75) is 32.9 Å². The van der Waals surface area contributed by atoms with Gasteiger partial charge in [-0.25, -0.2) is 8.42 Å². The molecule has 0 bridgehead atoms. The molecule has 29 heavy (non-hydrogen) atoms. The van der Waals surface area contributed by atoms with Crippen LogP contribution in [0.15, 0.2) is 24.3 Å². The Morgan fingerprint density at radius 1 is 1.34 bits per heavy atom. The van der Waals surface area contributed by atoms with Gasteiger partial charge in [0.25, 0.3) is 0 Å². The van der Waals surface area contributed by atoms with Gasteiger partial charge in [0.15, 0.2) is 9.84 Å². The number of anilines is 1. The topological polar surface area (TPSA) is 93.5 Å². The van der Waals surface area contributed by atoms with E-state index in [4.69, 9.17) is 4.74 Å². The maximum Gasteiger partial charge on any atom is 0.238 e. The molecule has 0 spiro atoms. The summed E-state index contributed by atoms with van der Waals surface area (Å²) in [5.74, 6) is 0.837. The first kappa shape index (κ1) is 21.3. The SMILES string of the molecule is COc1ccccc1NC(=O)CN(C)Cc1c(C)nn([C@@H]2CCS(=O)(=O)C2)c1C. The Morgan fingerprint density at radius 2 is 2.07 bits per heavy atom. The second-order valence-corrected chi connectivity index (χ2v) is 9.80. The van der Waals surface area contributed by atoms with Crippen LogP contribution in [-0.2, 0) is 21.2 Å². The van der Waals surface area contributed by atoms with Crippen molar-refractivity contribution in [3.8, 4) is 5.75 Å². The van der Waals surface area contributed by atoms with Gasteiger partial charge in [0.1, 0.15) is 5.75 Å². The summed E-state index contributed by atoms with van der Waals surface area (Å²) in [6.07, 6.45) is 0.598. The third-order valence-electron chi connectivity index (χ3n) is 5.25. The Morgan fingerprint density at radius 3 is 2.72 bits per heavy atom. The van der Waals surface area contributed by atoms with Gasteiger partial charge >= 0.3 is 0 Å². The number of carbonyl (C=O) groups excluding carboxylic acids is 1. The molecule has 1 aromatic heterocycles. The molecule has 1 aliphatic rings. The number of aryl methyl sites for hydroxylation is 1. The van der Waals surface area contributed by atoms with Gasteiger partial charge in [-0.1, -0.05) is 12.1 Å². The highest BCUT2D eigenvalue weighted by atomic mass is 32.2. The van der Waals surface area contributed by atoms with Crippen molar-refractivity contribution >= 4 is 21.4 Å². The zero-order chi connectivity index (χ0) is 21.2. The zero-order valence-corrected chi connectivity index (χ0v) is 18.1. The summed E-state index contributed by atoms with van der Waals surface area (Å²) in [6.45, 7) is 4.64. The lowest BCUT2D eigenvalue weighted by molar-refractivity contribution is -0.117. The summed E-state index contributed by atoms with van der Waals surface area (Å²) in [4.78, 5) is 14.4. The van der Waals surface area contributed by atoms with Crippen molar-refractivity contribution in [1.82, 2.24) is 14.7 Å². The fourth-order valence-corrected chi connectivity index (χ4v) is 5.45. The first-order valence-electron chi connectivity index (χ1n) is 9.56. The Labute approximate surface area is 171 Å². The molecule has 0 unspecified atom stereocenters. The summed E-state index contributed by atoms with van der Waals surface area (Å²) in [5.41, 5.74) is 3.49. The van der Waals surface area contributed by atoms with Crippen LogP contribution in [0, 0.1) is 13.8 Å². The predicted octanol–water partition coefficient (Wildman–Crippen LogP) is 1.94. The van der Waals surface area contributed by atoms with E-state index in [-0.39, 0.29) is 30.0 Å². The maximum absolute atomic E-state index is 12.4. The highest BCUT2D eigenvalue weighted by Gasteiger charge is 2.31. The molecule has 158 valence electrons. The molecule has 0 radical (unpaired) electrons. The minimum Gasteiger partial charge on any atom is -0.495 e. The minimum atomic E-state index is -2.97. The number of amides is 1. The van der Waals surface area contributed by atoms with E-state index >= 15 is 0 Å². The van der Waals surface area contributed by atoms with E-state index < -0.39 is 9.84 Å². The fraction of sp³-hybridized carbons (Fsp3) is 0.500. The average Bonchev–Trinajstić information content (AvgIpc) is 3.15. The van der Waals surface area contributed by atoms with Gasteiger partial charge in [-0.3, -0.25) is 14.4 Å². The molecule has 8 nitrogen and oxygen atoms in total. The normalized spacial score (nSPS) is 18.2. The number of rotatable bonds is 7. The van der Waals surface area contributed by atoms with Crippen molar-refractivity contribution in [2.24, 2.45) is 0 Å². The molecule has 1 fully saturated rings. The number of nitrogens with zero attached hydrogens (tertiary/aromatic N) is 3. The summed E-state index contributed by atoms with van der Waals surface area (Å²) >= 11 is 0. The van der Waals surface area contributed by atoms with Crippen LogP contribution >= 0.6 is 0 Å². The van der Waals surface area contributed by atoms with E-state index in [1.165, 1.54) is 0 Å². The van der Waals surface area contributed by atoms with Crippen molar-refractivity contribution in [2.75, 3.05) is 37.5 Å². The molecular weight excluding hydrogens is 392 g/mol. The molecule has 3 rings (SSSR count). The van der Waals surface area contributed by atoms with Crippen LogP contribution in [0.25, 0.3) is 0 Å². The number of likely N-dealkylation sites (N-methyl/N-ethyl adjacent to an activating group) is 1. The number of ether oxygens (including phenoxy) is 1. The molecule has 2 aromatic rings. The van der Waals surface area contributed by atoms with Crippen molar-refractivity contribution in [3.63, 3.8) is 0 Å². The van der Waals surface area contributed by atoms with Gasteiger partial charge in [-0.05, 0) is 39.4 Å². The molecule has 1 N–H and O–H groups in total. The van der Waals surface area contributed by atoms with Gasteiger partial charge in [-0.15, -0.1) is 0 Å². The summed E-state index contributed by atoms with van der Waals surface area (Å²) in [5, 5.41) is 7.46. The van der Waals surface area contributed by atoms with Crippen LogP contribution in [0.3, 0.4) is 0 Å². The lowest BCUT2D eigenvalue weighted by atomic mass is 10.1. The van der Waals surface area contributed by atoms with E-state index in [2.05, 4.69) is 10.4 Å². The molecule has 9 heteroatoms.